The molecule has 0 unspecified atom stereocenters. The fraction of sp³-hybridized carbons (Fsp3) is 0.200. The molecule has 0 amide bonds. The lowest BCUT2D eigenvalue weighted by Gasteiger charge is -2.13. The van der Waals surface area contributed by atoms with Crippen molar-refractivity contribution in [1.82, 2.24) is 0 Å². The fourth-order valence-electron chi connectivity index (χ4n) is 2.03. The molecule has 18 heavy (non-hydrogen) atoms. The van der Waals surface area contributed by atoms with Crippen LogP contribution in [-0.4, -0.2) is 0 Å². The Morgan fingerprint density at radius 2 is 1.78 bits per heavy atom. The summed E-state index contributed by atoms with van der Waals surface area (Å²) in [6, 6.07) is 10.5. The molecule has 0 aliphatic heterocycles. The van der Waals surface area contributed by atoms with E-state index < -0.39 is 0 Å². The Morgan fingerprint density at radius 3 is 2.39 bits per heavy atom. The lowest BCUT2D eigenvalue weighted by Crippen LogP contribution is -2.04. The molecule has 0 bridgehead atoms. The minimum absolute atomic E-state index is 0.218. The quantitative estimate of drug-likeness (QED) is 0.809. The van der Waals surface area contributed by atoms with Gasteiger partial charge >= 0.3 is 0 Å². The van der Waals surface area contributed by atoms with Crippen LogP contribution in [0.5, 0.6) is 0 Å². The van der Waals surface area contributed by atoms with Crippen molar-refractivity contribution in [2.45, 2.75) is 20.4 Å². The second kappa shape index (κ2) is 5.08. The van der Waals surface area contributed by atoms with E-state index in [4.69, 9.17) is 5.73 Å². The highest BCUT2D eigenvalue weighted by Gasteiger charge is 2.04. The monoisotopic (exact) mass is 244 g/mol. The van der Waals surface area contributed by atoms with E-state index >= 15 is 0 Å². The number of rotatable bonds is 3. The fourth-order valence-corrected chi connectivity index (χ4v) is 2.03. The topological polar surface area (TPSA) is 38.0 Å². The number of nitrogens with one attached hydrogen (secondary N) is 1. The van der Waals surface area contributed by atoms with Gasteiger partial charge < -0.3 is 11.1 Å². The summed E-state index contributed by atoms with van der Waals surface area (Å²) in [6.45, 7) is 4.68. The number of nitrogens with two attached hydrogens (primary N) is 1. The molecule has 0 saturated carbocycles. The number of hydrogen-bond donors (Lipinski definition) is 2. The van der Waals surface area contributed by atoms with Crippen molar-refractivity contribution in [3.8, 4) is 0 Å². The summed E-state index contributed by atoms with van der Waals surface area (Å²) < 4.78 is 12.8. The first kappa shape index (κ1) is 12.4. The maximum atomic E-state index is 12.8. The lowest BCUT2D eigenvalue weighted by atomic mass is 10.1. The van der Waals surface area contributed by atoms with E-state index in [9.17, 15) is 4.39 Å². The van der Waals surface area contributed by atoms with Crippen LogP contribution in [-0.2, 0) is 6.54 Å². The number of hydrogen-bond acceptors (Lipinski definition) is 2. The molecule has 0 saturated heterocycles. The number of benzene rings is 2. The van der Waals surface area contributed by atoms with Gasteiger partial charge in [-0.05, 0) is 48.7 Å². The highest BCUT2D eigenvalue weighted by molar-refractivity contribution is 5.71. The molecule has 2 aromatic carbocycles. The second-order valence-electron chi connectivity index (χ2n) is 4.53. The van der Waals surface area contributed by atoms with Crippen molar-refractivity contribution >= 4 is 11.4 Å². The van der Waals surface area contributed by atoms with Crippen LogP contribution in [0.15, 0.2) is 36.4 Å². The molecule has 3 heteroatoms. The summed E-state index contributed by atoms with van der Waals surface area (Å²) in [5, 5.41) is 3.30. The molecule has 0 spiro atoms. The Kier molecular flexibility index (Phi) is 3.51. The number of anilines is 2. The van der Waals surface area contributed by atoms with E-state index in [0.717, 1.165) is 28.1 Å². The van der Waals surface area contributed by atoms with E-state index in [0.29, 0.717) is 6.54 Å². The van der Waals surface area contributed by atoms with Crippen LogP contribution < -0.4 is 11.1 Å². The molecule has 0 heterocycles. The molecule has 2 nitrogen and oxygen atoms in total. The maximum absolute atomic E-state index is 12.8. The zero-order chi connectivity index (χ0) is 13.1. The van der Waals surface area contributed by atoms with Crippen LogP contribution in [0.25, 0.3) is 0 Å². The van der Waals surface area contributed by atoms with E-state index in [1.165, 1.54) is 12.1 Å². The van der Waals surface area contributed by atoms with Crippen LogP contribution in [0.4, 0.5) is 15.8 Å². The average molecular weight is 244 g/mol. The molecule has 0 aliphatic rings. The highest BCUT2D eigenvalue weighted by Crippen LogP contribution is 2.25. The van der Waals surface area contributed by atoms with Crippen molar-refractivity contribution in [2.75, 3.05) is 11.1 Å². The molecule has 3 N–H and O–H groups in total. The van der Waals surface area contributed by atoms with Gasteiger partial charge in [-0.3, -0.25) is 0 Å². The summed E-state index contributed by atoms with van der Waals surface area (Å²) in [6.07, 6.45) is 0. The lowest BCUT2D eigenvalue weighted by molar-refractivity contribution is 0.627. The zero-order valence-corrected chi connectivity index (χ0v) is 10.6. The third-order valence-corrected chi connectivity index (χ3v) is 2.89. The third-order valence-electron chi connectivity index (χ3n) is 2.89. The molecule has 0 radical (unpaired) electrons. The van der Waals surface area contributed by atoms with Gasteiger partial charge in [0.05, 0.1) is 11.4 Å². The van der Waals surface area contributed by atoms with E-state index in [1.54, 1.807) is 12.1 Å². The first-order valence-electron chi connectivity index (χ1n) is 5.91. The van der Waals surface area contributed by atoms with Crippen molar-refractivity contribution in [3.05, 3.63) is 58.9 Å². The number of nitrogen functional groups attached to an aromatic ring is 1. The third kappa shape index (κ3) is 2.80. The van der Waals surface area contributed by atoms with Gasteiger partial charge in [0.25, 0.3) is 0 Å². The van der Waals surface area contributed by atoms with Crippen LogP contribution in [0.2, 0.25) is 0 Å². The van der Waals surface area contributed by atoms with Crippen LogP contribution in [0.1, 0.15) is 16.7 Å². The Balaban J connectivity index is 2.13. The van der Waals surface area contributed by atoms with Gasteiger partial charge in [-0.1, -0.05) is 18.2 Å². The summed E-state index contributed by atoms with van der Waals surface area (Å²) in [5.41, 5.74) is 11.0. The second-order valence-corrected chi connectivity index (χ2v) is 4.53. The zero-order valence-electron chi connectivity index (χ0n) is 10.6. The van der Waals surface area contributed by atoms with Crippen molar-refractivity contribution in [1.29, 1.82) is 0 Å². The molecular formula is C15H17FN2. The smallest absolute Gasteiger partial charge is 0.123 e. The highest BCUT2D eigenvalue weighted by atomic mass is 19.1. The normalized spacial score (nSPS) is 10.4. The van der Waals surface area contributed by atoms with Gasteiger partial charge in [-0.15, -0.1) is 0 Å². The average Bonchev–Trinajstić information content (AvgIpc) is 2.30. The molecule has 2 rings (SSSR count). The maximum Gasteiger partial charge on any atom is 0.123 e. The Labute approximate surface area is 107 Å². The molecule has 94 valence electrons. The Morgan fingerprint density at radius 1 is 1.11 bits per heavy atom. The largest absolute Gasteiger partial charge is 0.397 e. The SMILES string of the molecule is Cc1cc(C)c(NCc2ccc(F)cc2)c(N)c1. The summed E-state index contributed by atoms with van der Waals surface area (Å²) in [4.78, 5) is 0. The van der Waals surface area contributed by atoms with Crippen molar-refractivity contribution in [2.24, 2.45) is 0 Å². The van der Waals surface area contributed by atoms with Gasteiger partial charge in [-0.2, -0.15) is 0 Å². The predicted molar refractivity (Wildman–Crippen MR) is 74.1 cm³/mol. The molecular weight excluding hydrogens is 227 g/mol. The van der Waals surface area contributed by atoms with Crippen LogP contribution in [0, 0.1) is 19.7 Å². The van der Waals surface area contributed by atoms with Crippen LogP contribution in [0.3, 0.4) is 0 Å². The van der Waals surface area contributed by atoms with Gasteiger partial charge in [0.15, 0.2) is 0 Å². The standard InChI is InChI=1S/C15H17FN2/c1-10-7-11(2)15(14(17)8-10)18-9-12-3-5-13(16)6-4-12/h3-8,18H,9,17H2,1-2H3. The molecule has 0 atom stereocenters. The van der Waals surface area contributed by atoms with E-state index in [-0.39, 0.29) is 5.82 Å². The van der Waals surface area contributed by atoms with Crippen molar-refractivity contribution in [3.63, 3.8) is 0 Å². The van der Waals surface area contributed by atoms with E-state index in [2.05, 4.69) is 11.4 Å². The predicted octanol–water partition coefficient (Wildman–Crippen LogP) is 3.64. The van der Waals surface area contributed by atoms with E-state index in [1.807, 2.05) is 19.9 Å². The first-order chi connectivity index (χ1) is 8.56. The minimum Gasteiger partial charge on any atom is -0.397 e. The molecule has 0 aliphatic carbocycles. The Hall–Kier alpha value is -2.03. The minimum atomic E-state index is -0.218. The molecule has 0 aromatic heterocycles. The molecule has 0 fully saturated rings. The Bertz CT molecular complexity index is 524. The number of aryl methyl sites for hydroxylation is 2. The van der Waals surface area contributed by atoms with Gasteiger partial charge in [0, 0.05) is 6.54 Å². The van der Waals surface area contributed by atoms with Gasteiger partial charge in [0.1, 0.15) is 5.82 Å². The summed E-state index contributed by atoms with van der Waals surface area (Å²) in [7, 11) is 0. The van der Waals surface area contributed by atoms with Gasteiger partial charge in [-0.25, -0.2) is 4.39 Å². The number of halogens is 1. The van der Waals surface area contributed by atoms with Crippen molar-refractivity contribution < 1.29 is 4.39 Å². The molecule has 2 aromatic rings. The first-order valence-corrected chi connectivity index (χ1v) is 5.91. The summed E-state index contributed by atoms with van der Waals surface area (Å²) >= 11 is 0. The van der Waals surface area contributed by atoms with Gasteiger partial charge in [0.2, 0.25) is 0 Å². The van der Waals surface area contributed by atoms with Crippen LogP contribution >= 0.6 is 0 Å². The summed E-state index contributed by atoms with van der Waals surface area (Å²) in [5.74, 6) is -0.218.